The number of aliphatic hydroxyl groups is 3. The predicted octanol–water partition coefficient (Wildman–Crippen LogP) is 3.80. The molecule has 5 heteroatoms. The number of hydrogen-bond donors (Lipinski definition) is 3. The molecule has 3 saturated carbocycles. The topological polar surface area (TPSA) is 79.2 Å². The van der Waals surface area contributed by atoms with Crippen molar-refractivity contribution in [2.45, 2.75) is 109 Å². The Labute approximate surface area is 192 Å². The van der Waals surface area contributed by atoms with E-state index in [1.165, 1.54) is 5.57 Å². The zero-order valence-corrected chi connectivity index (χ0v) is 20.2. The summed E-state index contributed by atoms with van der Waals surface area (Å²) in [7, 11) is 0. The first-order chi connectivity index (χ1) is 15.0. The number of aliphatic hydroxyl groups excluding tert-OH is 2. The smallest absolute Gasteiger partial charge is 0.171 e. The third kappa shape index (κ3) is 2.53. The minimum atomic E-state index is -0.788. The van der Waals surface area contributed by atoms with Crippen LogP contribution in [0.3, 0.4) is 0 Å². The maximum atomic E-state index is 12.5. The monoisotopic (exact) mass is 446 g/mol. The maximum absolute atomic E-state index is 12.5. The molecule has 180 valence electrons. The van der Waals surface area contributed by atoms with Gasteiger partial charge in [0.05, 0.1) is 30.5 Å². The third-order valence-electron chi connectivity index (χ3n) is 11.6. The van der Waals surface area contributed by atoms with Crippen molar-refractivity contribution in [3.05, 3.63) is 11.6 Å². The number of hydrogen-bond acceptors (Lipinski definition) is 5. The summed E-state index contributed by atoms with van der Waals surface area (Å²) < 4.78 is 13.2. The minimum absolute atomic E-state index is 0.0449. The van der Waals surface area contributed by atoms with Crippen LogP contribution in [-0.4, -0.2) is 51.6 Å². The quantitative estimate of drug-likeness (QED) is 0.493. The average Bonchev–Trinajstić information content (AvgIpc) is 3.13. The van der Waals surface area contributed by atoms with Gasteiger partial charge in [-0.2, -0.15) is 0 Å². The van der Waals surface area contributed by atoms with Crippen molar-refractivity contribution in [2.24, 2.45) is 40.4 Å². The van der Waals surface area contributed by atoms with Crippen LogP contribution in [0.25, 0.3) is 0 Å². The molecule has 0 unspecified atom stereocenters. The second kappa shape index (κ2) is 6.81. The van der Waals surface area contributed by atoms with Gasteiger partial charge in [-0.25, -0.2) is 0 Å². The van der Waals surface area contributed by atoms with Crippen LogP contribution >= 0.6 is 0 Å². The molecule has 3 N–H and O–H groups in total. The molecule has 4 aliphatic carbocycles. The number of rotatable bonds is 0. The van der Waals surface area contributed by atoms with Crippen molar-refractivity contribution < 1.29 is 24.8 Å². The Hall–Kier alpha value is -0.460. The van der Waals surface area contributed by atoms with E-state index in [1.807, 2.05) is 0 Å². The van der Waals surface area contributed by atoms with Gasteiger partial charge >= 0.3 is 0 Å². The standard InChI is InChI=1S/C27H42O5/c1-15-7-10-27(31-14-15)16(2)23-21(32-27)13-26(30)20-6-5-17-11-18(28)12-22(29)25(17,4)19(20)8-9-24(23,26)3/h5,15-16,18-23,28-30H,6-14H2,1-4H3/t15-,16-,18+,19-,20+,21-,22+,23-,24+,25-,26+,27+/m0/s1. The number of fused-ring (bicyclic) bond motifs is 7. The summed E-state index contributed by atoms with van der Waals surface area (Å²) in [5, 5.41) is 33.9. The van der Waals surface area contributed by atoms with Crippen molar-refractivity contribution in [3.63, 3.8) is 0 Å². The van der Waals surface area contributed by atoms with Gasteiger partial charge in [-0.3, -0.25) is 0 Å². The van der Waals surface area contributed by atoms with Crippen molar-refractivity contribution in [1.29, 1.82) is 0 Å². The third-order valence-corrected chi connectivity index (χ3v) is 11.6. The van der Waals surface area contributed by atoms with Gasteiger partial charge in [0.1, 0.15) is 0 Å². The van der Waals surface area contributed by atoms with E-state index in [0.29, 0.717) is 31.1 Å². The summed E-state index contributed by atoms with van der Waals surface area (Å²) in [5.41, 5.74) is -0.115. The highest BCUT2D eigenvalue weighted by Gasteiger charge is 2.74. The van der Waals surface area contributed by atoms with Gasteiger partial charge in [0.15, 0.2) is 5.79 Å². The Kier molecular flexibility index (Phi) is 4.69. The van der Waals surface area contributed by atoms with E-state index < -0.39 is 23.6 Å². The molecular formula is C27H42O5. The van der Waals surface area contributed by atoms with Crippen molar-refractivity contribution in [3.8, 4) is 0 Å². The minimum Gasteiger partial charge on any atom is -0.393 e. The largest absolute Gasteiger partial charge is 0.393 e. The number of allylic oxidation sites excluding steroid dienone is 1. The van der Waals surface area contributed by atoms with Crippen LogP contribution in [0.4, 0.5) is 0 Å². The fourth-order valence-corrected chi connectivity index (χ4v) is 9.69. The van der Waals surface area contributed by atoms with Gasteiger partial charge in [0.25, 0.3) is 0 Å². The lowest BCUT2D eigenvalue weighted by Gasteiger charge is -2.62. The van der Waals surface area contributed by atoms with Gasteiger partial charge < -0.3 is 24.8 Å². The van der Waals surface area contributed by atoms with Crippen LogP contribution in [0.5, 0.6) is 0 Å². The molecule has 0 aromatic carbocycles. The van der Waals surface area contributed by atoms with Gasteiger partial charge in [-0.05, 0) is 49.9 Å². The first-order valence-corrected chi connectivity index (χ1v) is 13.1. The van der Waals surface area contributed by atoms with E-state index in [9.17, 15) is 15.3 Å². The Morgan fingerprint density at radius 2 is 1.84 bits per heavy atom. The summed E-state index contributed by atoms with van der Waals surface area (Å²) in [6, 6.07) is 0. The van der Waals surface area contributed by atoms with Crippen molar-refractivity contribution >= 4 is 0 Å². The molecular weight excluding hydrogens is 404 g/mol. The highest BCUT2D eigenvalue weighted by atomic mass is 16.7. The van der Waals surface area contributed by atoms with Gasteiger partial charge in [0.2, 0.25) is 0 Å². The molecule has 0 radical (unpaired) electrons. The number of ether oxygens (including phenoxy) is 2. The van der Waals surface area contributed by atoms with Gasteiger partial charge in [0, 0.05) is 41.9 Å². The molecule has 5 fully saturated rings. The second-order valence-electron chi connectivity index (χ2n) is 12.9. The molecule has 2 aliphatic heterocycles. The van der Waals surface area contributed by atoms with Crippen LogP contribution < -0.4 is 0 Å². The fraction of sp³-hybridized carbons (Fsp3) is 0.926. The Balaban J connectivity index is 1.34. The first-order valence-electron chi connectivity index (χ1n) is 13.1. The zero-order valence-electron chi connectivity index (χ0n) is 20.2. The molecule has 32 heavy (non-hydrogen) atoms. The molecule has 2 heterocycles. The first kappa shape index (κ1) is 22.0. The van der Waals surface area contributed by atoms with Gasteiger partial charge in [-0.1, -0.05) is 39.3 Å². The molecule has 0 aromatic rings. The van der Waals surface area contributed by atoms with Crippen molar-refractivity contribution in [2.75, 3.05) is 6.61 Å². The molecule has 0 amide bonds. The van der Waals surface area contributed by atoms with E-state index in [1.54, 1.807) is 0 Å². The van der Waals surface area contributed by atoms with E-state index >= 15 is 0 Å². The van der Waals surface area contributed by atoms with E-state index in [0.717, 1.165) is 38.7 Å². The Morgan fingerprint density at radius 3 is 2.56 bits per heavy atom. The van der Waals surface area contributed by atoms with Crippen LogP contribution in [-0.2, 0) is 9.47 Å². The van der Waals surface area contributed by atoms with E-state index in [4.69, 9.17) is 9.47 Å². The van der Waals surface area contributed by atoms with E-state index in [2.05, 4.69) is 33.8 Å². The summed E-state index contributed by atoms with van der Waals surface area (Å²) in [5.74, 6) is 1.07. The summed E-state index contributed by atoms with van der Waals surface area (Å²) in [4.78, 5) is 0. The molecule has 12 atom stereocenters. The van der Waals surface area contributed by atoms with Crippen LogP contribution in [0.2, 0.25) is 0 Å². The summed E-state index contributed by atoms with van der Waals surface area (Å²) in [6.45, 7) is 9.83. The Morgan fingerprint density at radius 1 is 1.06 bits per heavy atom. The highest BCUT2D eigenvalue weighted by molar-refractivity contribution is 5.31. The lowest BCUT2D eigenvalue weighted by molar-refractivity contribution is -0.280. The summed E-state index contributed by atoms with van der Waals surface area (Å²) >= 11 is 0. The van der Waals surface area contributed by atoms with Crippen LogP contribution in [0, 0.1) is 40.4 Å². The average molecular weight is 447 g/mol. The molecule has 6 aliphatic rings. The summed E-state index contributed by atoms with van der Waals surface area (Å²) in [6.07, 6.45) is 8.01. The molecule has 2 saturated heterocycles. The molecule has 0 aromatic heterocycles. The van der Waals surface area contributed by atoms with Gasteiger partial charge in [-0.15, -0.1) is 0 Å². The lowest BCUT2D eigenvalue weighted by Crippen LogP contribution is -2.63. The molecule has 0 bridgehead atoms. The Bertz CT molecular complexity index is 817. The highest BCUT2D eigenvalue weighted by Crippen LogP contribution is 2.72. The molecule has 5 nitrogen and oxygen atoms in total. The van der Waals surface area contributed by atoms with Crippen molar-refractivity contribution in [1.82, 2.24) is 0 Å². The maximum Gasteiger partial charge on any atom is 0.171 e. The predicted molar refractivity (Wildman–Crippen MR) is 121 cm³/mol. The normalized spacial score (nSPS) is 61.5. The van der Waals surface area contributed by atoms with E-state index in [-0.39, 0.29) is 34.7 Å². The SMILES string of the molecule is C[C@H]1CC[C@@]2(OC1)O[C@H]1C[C@@]3(O)[C@@H]4CC=C5C[C@@H](O)C[C@@H](O)[C@]5(C)[C@H]4CC[C@]3(C)[C@H]1[C@@H]2C. The molecule has 1 spiro atoms. The lowest BCUT2D eigenvalue weighted by atomic mass is 9.44. The second-order valence-corrected chi connectivity index (χ2v) is 12.9. The zero-order chi connectivity index (χ0) is 22.7. The van der Waals surface area contributed by atoms with Crippen LogP contribution in [0.15, 0.2) is 11.6 Å². The van der Waals surface area contributed by atoms with Crippen LogP contribution in [0.1, 0.15) is 79.1 Å². The molecule has 6 rings (SSSR count). The fourth-order valence-electron chi connectivity index (χ4n) is 9.69.